The van der Waals surface area contributed by atoms with Gasteiger partial charge in [-0.1, -0.05) is 37.8 Å². The predicted octanol–water partition coefficient (Wildman–Crippen LogP) is 1.79. The zero-order valence-corrected chi connectivity index (χ0v) is 13.7. The zero-order chi connectivity index (χ0) is 16.2. The van der Waals surface area contributed by atoms with E-state index in [-0.39, 0.29) is 13.2 Å². The molecule has 0 spiro atoms. The topological polar surface area (TPSA) is 79.2 Å². The van der Waals surface area contributed by atoms with Gasteiger partial charge in [-0.3, -0.25) is 0 Å². The molecule has 0 amide bonds. The minimum absolute atomic E-state index is 0.0664. The zero-order valence-electron chi connectivity index (χ0n) is 13.7. The van der Waals surface area contributed by atoms with E-state index in [1.165, 1.54) is 32.1 Å². The molecule has 0 aliphatic carbocycles. The van der Waals surface area contributed by atoms with Crippen LogP contribution in [0.1, 0.15) is 51.9 Å². The molecule has 1 heterocycles. The number of allylic oxidation sites excluding steroid dienone is 2. The average molecular weight is 316 g/mol. The van der Waals surface area contributed by atoms with Crippen molar-refractivity contribution >= 4 is 0 Å². The Morgan fingerprint density at radius 1 is 1.14 bits per heavy atom. The number of unbranched alkanes of at least 4 members (excludes halogenated alkanes) is 6. The molecule has 130 valence electrons. The molecule has 0 radical (unpaired) electrons. The molecule has 1 rings (SSSR count). The molecule has 0 aromatic carbocycles. The maximum Gasteiger partial charge on any atom is 0.114 e. The number of hydrogen-bond donors (Lipinski definition) is 3. The SMILES string of the molecule is C/C=C/CCCCCCCCOC[C@@H](O)[C@@H]1OC[C@H](O)[C@@H]1O. The molecule has 0 unspecified atom stereocenters. The lowest BCUT2D eigenvalue weighted by Gasteiger charge is -2.20. The monoisotopic (exact) mass is 316 g/mol. The fourth-order valence-electron chi connectivity index (χ4n) is 2.60. The molecule has 1 aliphatic rings. The van der Waals surface area contributed by atoms with E-state index in [1.54, 1.807) is 0 Å². The molecule has 5 nitrogen and oxygen atoms in total. The fraction of sp³-hybridized carbons (Fsp3) is 0.882. The van der Waals surface area contributed by atoms with Crippen molar-refractivity contribution in [2.24, 2.45) is 0 Å². The molecule has 1 saturated heterocycles. The van der Waals surface area contributed by atoms with E-state index in [4.69, 9.17) is 9.47 Å². The number of rotatable bonds is 12. The summed E-state index contributed by atoms with van der Waals surface area (Å²) in [5, 5.41) is 28.8. The smallest absolute Gasteiger partial charge is 0.114 e. The second kappa shape index (κ2) is 12.0. The van der Waals surface area contributed by atoms with E-state index >= 15 is 0 Å². The summed E-state index contributed by atoms with van der Waals surface area (Å²) in [7, 11) is 0. The van der Waals surface area contributed by atoms with Crippen LogP contribution in [0, 0.1) is 0 Å². The first-order valence-corrected chi connectivity index (χ1v) is 8.51. The van der Waals surface area contributed by atoms with Gasteiger partial charge in [0.2, 0.25) is 0 Å². The molecule has 22 heavy (non-hydrogen) atoms. The lowest BCUT2D eigenvalue weighted by molar-refractivity contribution is -0.0813. The van der Waals surface area contributed by atoms with Crippen LogP contribution < -0.4 is 0 Å². The van der Waals surface area contributed by atoms with E-state index < -0.39 is 24.4 Å². The Bertz CT molecular complexity index is 295. The quantitative estimate of drug-likeness (QED) is 0.378. The Morgan fingerprint density at radius 2 is 1.82 bits per heavy atom. The van der Waals surface area contributed by atoms with Crippen molar-refractivity contribution in [2.45, 2.75) is 76.3 Å². The summed E-state index contributed by atoms with van der Waals surface area (Å²) in [6.45, 7) is 2.87. The summed E-state index contributed by atoms with van der Waals surface area (Å²) < 4.78 is 10.6. The Morgan fingerprint density at radius 3 is 2.45 bits per heavy atom. The van der Waals surface area contributed by atoms with Gasteiger partial charge in [-0.2, -0.15) is 0 Å². The Kier molecular flexibility index (Phi) is 10.7. The molecule has 0 bridgehead atoms. The molecule has 1 fully saturated rings. The summed E-state index contributed by atoms with van der Waals surface area (Å²) in [5.41, 5.74) is 0. The van der Waals surface area contributed by atoms with E-state index in [9.17, 15) is 15.3 Å². The Hall–Kier alpha value is -0.460. The lowest BCUT2D eigenvalue weighted by atomic mass is 10.1. The average Bonchev–Trinajstić information content (AvgIpc) is 2.84. The molecule has 0 aromatic heterocycles. The van der Waals surface area contributed by atoms with Crippen LogP contribution >= 0.6 is 0 Å². The van der Waals surface area contributed by atoms with Gasteiger partial charge in [-0.05, 0) is 26.2 Å². The van der Waals surface area contributed by atoms with Crippen LogP contribution in [0.3, 0.4) is 0 Å². The van der Waals surface area contributed by atoms with Crippen LogP contribution in [-0.4, -0.2) is 59.6 Å². The first-order valence-electron chi connectivity index (χ1n) is 8.51. The van der Waals surface area contributed by atoms with Crippen LogP contribution in [0.25, 0.3) is 0 Å². The van der Waals surface area contributed by atoms with Crippen LogP contribution in [0.4, 0.5) is 0 Å². The maximum absolute atomic E-state index is 9.85. The highest BCUT2D eigenvalue weighted by Gasteiger charge is 2.39. The second-order valence-electron chi connectivity index (χ2n) is 5.98. The summed E-state index contributed by atoms with van der Waals surface area (Å²) in [6.07, 6.45) is 9.08. The minimum Gasteiger partial charge on any atom is -0.388 e. The van der Waals surface area contributed by atoms with Crippen molar-refractivity contribution < 1.29 is 24.8 Å². The van der Waals surface area contributed by atoms with Crippen molar-refractivity contribution in [2.75, 3.05) is 19.8 Å². The summed E-state index contributed by atoms with van der Waals surface area (Å²) in [5.74, 6) is 0. The predicted molar refractivity (Wildman–Crippen MR) is 85.7 cm³/mol. The number of hydrogen-bond acceptors (Lipinski definition) is 5. The highest BCUT2D eigenvalue weighted by Crippen LogP contribution is 2.17. The second-order valence-corrected chi connectivity index (χ2v) is 5.98. The molecule has 4 atom stereocenters. The molecule has 0 saturated carbocycles. The first-order chi connectivity index (χ1) is 10.7. The van der Waals surface area contributed by atoms with E-state index in [1.807, 2.05) is 0 Å². The lowest BCUT2D eigenvalue weighted by Crippen LogP contribution is -2.40. The van der Waals surface area contributed by atoms with E-state index in [2.05, 4.69) is 19.1 Å². The van der Waals surface area contributed by atoms with Gasteiger partial charge in [-0.15, -0.1) is 0 Å². The van der Waals surface area contributed by atoms with E-state index in [0.29, 0.717) is 6.61 Å². The first kappa shape index (κ1) is 19.6. The summed E-state index contributed by atoms with van der Waals surface area (Å²) in [6, 6.07) is 0. The van der Waals surface area contributed by atoms with Crippen LogP contribution in [0.2, 0.25) is 0 Å². The minimum atomic E-state index is -1.03. The summed E-state index contributed by atoms with van der Waals surface area (Å²) in [4.78, 5) is 0. The van der Waals surface area contributed by atoms with Gasteiger partial charge in [-0.25, -0.2) is 0 Å². The van der Waals surface area contributed by atoms with Crippen molar-refractivity contribution in [3.63, 3.8) is 0 Å². The number of ether oxygens (including phenoxy) is 2. The van der Waals surface area contributed by atoms with Gasteiger partial charge in [0.1, 0.15) is 24.4 Å². The standard InChI is InChI=1S/C17H32O5/c1-2-3-4-5-6-7-8-9-10-11-21-12-15(19)17-16(20)14(18)13-22-17/h2-3,14-20H,4-13H2,1H3/b3-2+/t14-,15+,16-,17-/m0/s1. The molecule has 0 aromatic rings. The highest BCUT2D eigenvalue weighted by molar-refractivity contribution is 4.87. The van der Waals surface area contributed by atoms with Gasteiger partial charge in [0.05, 0.1) is 13.2 Å². The van der Waals surface area contributed by atoms with Crippen molar-refractivity contribution in [1.29, 1.82) is 0 Å². The third kappa shape index (κ3) is 7.70. The van der Waals surface area contributed by atoms with Gasteiger partial charge in [0.25, 0.3) is 0 Å². The van der Waals surface area contributed by atoms with Gasteiger partial charge in [0.15, 0.2) is 0 Å². The van der Waals surface area contributed by atoms with Crippen LogP contribution in [-0.2, 0) is 9.47 Å². The number of aliphatic hydroxyl groups is 3. The van der Waals surface area contributed by atoms with Gasteiger partial charge in [0, 0.05) is 6.61 Å². The van der Waals surface area contributed by atoms with Crippen molar-refractivity contribution in [3.05, 3.63) is 12.2 Å². The Labute approximate surface area is 133 Å². The van der Waals surface area contributed by atoms with Crippen molar-refractivity contribution in [3.8, 4) is 0 Å². The van der Waals surface area contributed by atoms with Gasteiger partial charge < -0.3 is 24.8 Å². The van der Waals surface area contributed by atoms with Crippen LogP contribution in [0.5, 0.6) is 0 Å². The third-order valence-corrected chi connectivity index (χ3v) is 4.00. The van der Waals surface area contributed by atoms with E-state index in [0.717, 1.165) is 12.8 Å². The molecule has 3 N–H and O–H groups in total. The molecular formula is C17H32O5. The highest BCUT2D eigenvalue weighted by atomic mass is 16.5. The fourth-order valence-corrected chi connectivity index (χ4v) is 2.60. The van der Waals surface area contributed by atoms with Gasteiger partial charge >= 0.3 is 0 Å². The third-order valence-electron chi connectivity index (χ3n) is 4.00. The maximum atomic E-state index is 9.85. The molecular weight excluding hydrogens is 284 g/mol. The molecule has 5 heteroatoms. The number of aliphatic hydroxyl groups excluding tert-OH is 3. The largest absolute Gasteiger partial charge is 0.388 e. The summed E-state index contributed by atoms with van der Waals surface area (Å²) >= 11 is 0. The Balaban J connectivity index is 1.89. The molecule has 1 aliphatic heterocycles. The van der Waals surface area contributed by atoms with Crippen molar-refractivity contribution in [1.82, 2.24) is 0 Å². The normalized spacial score (nSPS) is 26.8. The van der Waals surface area contributed by atoms with Crippen LogP contribution in [0.15, 0.2) is 12.2 Å².